The maximum absolute atomic E-state index is 14.6. The van der Waals surface area contributed by atoms with Crippen molar-refractivity contribution >= 4 is 5.97 Å². The molecule has 0 saturated carbocycles. The summed E-state index contributed by atoms with van der Waals surface area (Å²) in [6, 6.07) is 6.67. The number of likely N-dealkylation sites (tertiary alicyclic amines) is 1. The number of nitrogens with zero attached hydrogens (tertiary/aromatic N) is 1. The number of alkyl halides is 1. The summed E-state index contributed by atoms with van der Waals surface area (Å²) in [5, 5.41) is 8.99. The van der Waals surface area contributed by atoms with Crippen LogP contribution < -0.4 is 5.73 Å². The number of nitrogens with two attached hydrogens (primary N) is 1. The summed E-state index contributed by atoms with van der Waals surface area (Å²) in [5.74, 6) is -1.52. The van der Waals surface area contributed by atoms with Crippen molar-refractivity contribution in [3.8, 4) is 11.1 Å². The second-order valence-corrected chi connectivity index (χ2v) is 7.80. The maximum atomic E-state index is 14.6. The molecule has 1 atom stereocenters. The molecular formula is C22H26F2N2O2. The first kappa shape index (κ1) is 20.4. The molecule has 2 aromatic rings. The summed E-state index contributed by atoms with van der Waals surface area (Å²) in [6.07, 6.45) is -1.06. The molecule has 6 heteroatoms. The van der Waals surface area contributed by atoms with Crippen LogP contribution in [0.15, 0.2) is 24.3 Å². The van der Waals surface area contributed by atoms with Crippen LogP contribution >= 0.6 is 0 Å². The number of hydrogen-bond acceptors (Lipinski definition) is 3. The second kappa shape index (κ2) is 7.97. The molecule has 1 saturated heterocycles. The van der Waals surface area contributed by atoms with Crippen LogP contribution in [0.4, 0.5) is 8.78 Å². The lowest BCUT2D eigenvalue weighted by molar-refractivity contribution is -0.137. The number of carboxylic acids is 1. The van der Waals surface area contributed by atoms with Crippen LogP contribution in [0.2, 0.25) is 0 Å². The molecule has 1 fully saturated rings. The lowest BCUT2D eigenvalue weighted by Gasteiger charge is -2.34. The Hall–Kier alpha value is -2.31. The quantitative estimate of drug-likeness (QED) is 0.784. The lowest BCUT2D eigenvalue weighted by atomic mass is 9.89. The van der Waals surface area contributed by atoms with Crippen LogP contribution in [0, 0.1) is 26.6 Å². The summed E-state index contributed by atoms with van der Waals surface area (Å²) in [6.45, 7) is 7.31. The Morgan fingerprint density at radius 2 is 1.79 bits per heavy atom. The maximum Gasteiger partial charge on any atom is 0.305 e. The number of benzene rings is 2. The molecule has 0 amide bonds. The van der Waals surface area contributed by atoms with Crippen molar-refractivity contribution in [2.75, 3.05) is 13.1 Å². The number of aryl methyl sites for hydroxylation is 3. The molecule has 0 bridgehead atoms. The molecule has 3 N–H and O–H groups in total. The van der Waals surface area contributed by atoms with E-state index in [1.54, 1.807) is 19.1 Å². The van der Waals surface area contributed by atoms with E-state index in [2.05, 4.69) is 17.0 Å². The second-order valence-electron chi connectivity index (χ2n) is 7.80. The van der Waals surface area contributed by atoms with E-state index >= 15 is 0 Å². The van der Waals surface area contributed by atoms with E-state index in [-0.39, 0.29) is 12.0 Å². The smallest absolute Gasteiger partial charge is 0.305 e. The highest BCUT2D eigenvalue weighted by atomic mass is 19.1. The Morgan fingerprint density at radius 3 is 2.32 bits per heavy atom. The van der Waals surface area contributed by atoms with Gasteiger partial charge in [0.2, 0.25) is 0 Å². The van der Waals surface area contributed by atoms with E-state index in [9.17, 15) is 13.6 Å². The van der Waals surface area contributed by atoms with Gasteiger partial charge >= 0.3 is 5.97 Å². The van der Waals surface area contributed by atoms with Gasteiger partial charge < -0.3 is 10.8 Å². The van der Waals surface area contributed by atoms with Gasteiger partial charge in [0.25, 0.3) is 0 Å². The van der Waals surface area contributed by atoms with Crippen molar-refractivity contribution in [1.29, 1.82) is 0 Å². The molecule has 1 aliphatic heterocycles. The van der Waals surface area contributed by atoms with Gasteiger partial charge in [-0.05, 0) is 66.3 Å². The van der Waals surface area contributed by atoms with Gasteiger partial charge in [-0.15, -0.1) is 0 Å². The minimum absolute atomic E-state index is 0.217. The average molecular weight is 388 g/mol. The van der Waals surface area contributed by atoms with Crippen LogP contribution in [-0.4, -0.2) is 35.2 Å². The number of carbonyl (C=O) groups is 1. The fraction of sp³-hybridized carbons (Fsp3) is 0.409. The normalized spacial score (nSPS) is 16.1. The monoisotopic (exact) mass is 388 g/mol. The zero-order valence-corrected chi connectivity index (χ0v) is 16.4. The zero-order valence-electron chi connectivity index (χ0n) is 16.4. The molecule has 3 rings (SSSR count). The molecule has 4 nitrogen and oxygen atoms in total. The van der Waals surface area contributed by atoms with E-state index in [4.69, 9.17) is 10.8 Å². The van der Waals surface area contributed by atoms with E-state index < -0.39 is 24.0 Å². The predicted molar refractivity (Wildman–Crippen MR) is 105 cm³/mol. The Labute approximate surface area is 164 Å². The van der Waals surface area contributed by atoms with Crippen molar-refractivity contribution in [3.05, 3.63) is 57.9 Å². The average Bonchev–Trinajstić information content (AvgIpc) is 2.55. The molecule has 1 aliphatic rings. The summed E-state index contributed by atoms with van der Waals surface area (Å²) < 4.78 is 27.6. The molecule has 0 aliphatic carbocycles. The first-order valence-electron chi connectivity index (χ1n) is 9.40. The van der Waals surface area contributed by atoms with Crippen molar-refractivity contribution in [3.63, 3.8) is 0 Å². The topological polar surface area (TPSA) is 66.6 Å². The zero-order chi connectivity index (χ0) is 20.6. The number of hydrogen-bond donors (Lipinski definition) is 2. The standard InChI is InChI=1S/C22H26F2N2O2/c1-12-4-15(9-26-10-17(23)11-26)5-13(2)21(12)16-6-14(3)22(24)18(7-16)19(25)8-20(27)28/h4-7,17,19H,8-11,25H2,1-3H3,(H,27,28)/t19-/m0/s1. The summed E-state index contributed by atoms with van der Waals surface area (Å²) in [5.41, 5.74) is 11.6. The van der Waals surface area contributed by atoms with Gasteiger partial charge in [-0.3, -0.25) is 9.69 Å². The largest absolute Gasteiger partial charge is 0.481 e. The van der Waals surface area contributed by atoms with Gasteiger partial charge in [0.1, 0.15) is 12.0 Å². The minimum atomic E-state index is -1.06. The van der Waals surface area contributed by atoms with E-state index in [0.717, 1.165) is 27.8 Å². The molecule has 0 unspecified atom stereocenters. The summed E-state index contributed by atoms with van der Waals surface area (Å²) >= 11 is 0. The Morgan fingerprint density at radius 1 is 1.18 bits per heavy atom. The highest BCUT2D eigenvalue weighted by molar-refractivity contribution is 5.73. The van der Waals surface area contributed by atoms with Gasteiger partial charge in [0.15, 0.2) is 0 Å². The lowest BCUT2D eigenvalue weighted by Crippen LogP contribution is -2.47. The Kier molecular flexibility index (Phi) is 5.82. The van der Waals surface area contributed by atoms with Gasteiger partial charge in [-0.1, -0.05) is 12.1 Å². The van der Waals surface area contributed by atoms with Gasteiger partial charge in [-0.25, -0.2) is 8.78 Å². The minimum Gasteiger partial charge on any atom is -0.481 e. The molecular weight excluding hydrogens is 362 g/mol. The van der Waals surface area contributed by atoms with Crippen molar-refractivity contribution < 1.29 is 18.7 Å². The molecule has 2 aromatic carbocycles. The number of aliphatic carboxylic acids is 1. The van der Waals surface area contributed by atoms with Gasteiger partial charge in [-0.2, -0.15) is 0 Å². The number of halogens is 2. The summed E-state index contributed by atoms with van der Waals surface area (Å²) in [4.78, 5) is 13.0. The fourth-order valence-corrected chi connectivity index (χ4v) is 4.00. The first-order valence-corrected chi connectivity index (χ1v) is 9.40. The fourth-order valence-electron chi connectivity index (χ4n) is 4.00. The van der Waals surface area contributed by atoms with E-state index in [1.807, 2.05) is 13.8 Å². The predicted octanol–water partition coefficient (Wildman–Crippen LogP) is 4.05. The van der Waals surface area contributed by atoms with Crippen molar-refractivity contribution in [1.82, 2.24) is 4.90 Å². The third-order valence-electron chi connectivity index (χ3n) is 5.28. The van der Waals surface area contributed by atoms with Gasteiger partial charge in [0, 0.05) is 31.2 Å². The highest BCUT2D eigenvalue weighted by Gasteiger charge is 2.26. The van der Waals surface area contributed by atoms with E-state index in [1.165, 1.54) is 0 Å². The van der Waals surface area contributed by atoms with Crippen LogP contribution in [0.25, 0.3) is 11.1 Å². The van der Waals surface area contributed by atoms with Crippen LogP contribution in [0.1, 0.15) is 40.3 Å². The van der Waals surface area contributed by atoms with Gasteiger partial charge in [0.05, 0.1) is 6.42 Å². The SMILES string of the molecule is Cc1cc(-c2c(C)cc(CN3CC(F)C3)cc2C)cc([C@@H](N)CC(=O)O)c1F. The molecule has 150 valence electrons. The summed E-state index contributed by atoms with van der Waals surface area (Å²) in [7, 11) is 0. The van der Waals surface area contributed by atoms with Crippen LogP contribution in [-0.2, 0) is 11.3 Å². The molecule has 0 spiro atoms. The number of carboxylic acid groups (broad SMARTS) is 1. The molecule has 0 aromatic heterocycles. The third kappa shape index (κ3) is 4.23. The Balaban J connectivity index is 1.96. The Bertz CT molecular complexity index is 885. The third-order valence-corrected chi connectivity index (χ3v) is 5.28. The highest BCUT2D eigenvalue weighted by Crippen LogP contribution is 2.33. The molecule has 28 heavy (non-hydrogen) atoms. The van der Waals surface area contributed by atoms with Crippen LogP contribution in [0.3, 0.4) is 0 Å². The first-order chi connectivity index (χ1) is 13.2. The molecule has 0 radical (unpaired) electrons. The van der Waals surface area contributed by atoms with E-state index in [0.29, 0.717) is 25.2 Å². The van der Waals surface area contributed by atoms with Crippen LogP contribution in [0.5, 0.6) is 0 Å². The van der Waals surface area contributed by atoms with Crippen molar-refractivity contribution in [2.45, 2.75) is 46.0 Å². The van der Waals surface area contributed by atoms with Crippen molar-refractivity contribution in [2.24, 2.45) is 5.73 Å². The number of rotatable bonds is 6. The molecule has 1 heterocycles.